The molecule has 2 rings (SSSR count). The predicted octanol–water partition coefficient (Wildman–Crippen LogP) is 2.22. The molecule has 6 atom stereocenters. The average molecular weight is 310 g/mol. The van der Waals surface area contributed by atoms with Gasteiger partial charge in [-0.2, -0.15) is 0 Å². The molecule has 0 saturated carbocycles. The Morgan fingerprint density at radius 1 is 1.50 bits per heavy atom. The maximum atomic E-state index is 11.7. The number of carbonyl (C=O) groups is 2. The van der Waals surface area contributed by atoms with Crippen molar-refractivity contribution >= 4 is 11.9 Å². The summed E-state index contributed by atoms with van der Waals surface area (Å²) in [6.45, 7) is 7.05. The highest BCUT2D eigenvalue weighted by Gasteiger charge is 2.43. The summed E-state index contributed by atoms with van der Waals surface area (Å²) in [5, 5.41) is 9.67. The molecule has 2 aliphatic rings. The third kappa shape index (κ3) is 3.69. The summed E-state index contributed by atoms with van der Waals surface area (Å²) in [4.78, 5) is 23.1. The molecule has 0 aromatic carbocycles. The third-order valence-corrected chi connectivity index (χ3v) is 4.77. The van der Waals surface area contributed by atoms with Crippen LogP contribution >= 0.6 is 0 Å². The molecule has 0 spiro atoms. The van der Waals surface area contributed by atoms with Crippen LogP contribution in [0.5, 0.6) is 0 Å². The molecule has 0 amide bonds. The first-order chi connectivity index (χ1) is 10.3. The second kappa shape index (κ2) is 6.82. The molecule has 0 radical (unpaired) electrons. The summed E-state index contributed by atoms with van der Waals surface area (Å²) in [7, 11) is 0. The second-order valence-corrected chi connectivity index (χ2v) is 6.69. The maximum Gasteiger partial charge on any atom is 0.309 e. The summed E-state index contributed by atoms with van der Waals surface area (Å²) < 4.78 is 10.9. The van der Waals surface area contributed by atoms with E-state index in [1.165, 1.54) is 6.92 Å². The van der Waals surface area contributed by atoms with Crippen molar-refractivity contribution in [3.05, 3.63) is 11.6 Å². The summed E-state index contributed by atoms with van der Waals surface area (Å²) in [6, 6.07) is 0. The zero-order chi connectivity index (χ0) is 16.4. The number of hydrogen-bond acceptors (Lipinski definition) is 5. The van der Waals surface area contributed by atoms with Crippen LogP contribution in [0.4, 0.5) is 0 Å². The average Bonchev–Trinajstić information content (AvgIpc) is 2.56. The van der Waals surface area contributed by atoms with E-state index in [4.69, 9.17) is 9.47 Å². The van der Waals surface area contributed by atoms with Crippen molar-refractivity contribution in [3.63, 3.8) is 0 Å². The number of ether oxygens (including phenoxy) is 2. The molecule has 1 aliphatic carbocycles. The van der Waals surface area contributed by atoms with Gasteiger partial charge < -0.3 is 14.6 Å². The highest BCUT2D eigenvalue weighted by Crippen LogP contribution is 2.40. The Balaban J connectivity index is 2.19. The van der Waals surface area contributed by atoms with Gasteiger partial charge in [0.05, 0.1) is 12.0 Å². The van der Waals surface area contributed by atoms with Gasteiger partial charge in [0.15, 0.2) is 0 Å². The highest BCUT2D eigenvalue weighted by molar-refractivity contribution is 5.75. The number of allylic oxidation sites excluding steroid dienone is 1. The summed E-state index contributed by atoms with van der Waals surface area (Å²) in [5.41, 5.74) is 1.04. The topological polar surface area (TPSA) is 72.8 Å². The van der Waals surface area contributed by atoms with Gasteiger partial charge in [0.25, 0.3) is 0 Å². The molecule has 0 bridgehead atoms. The van der Waals surface area contributed by atoms with Gasteiger partial charge in [-0.3, -0.25) is 9.59 Å². The Labute approximate surface area is 131 Å². The SMILES string of the molecule is CC(=O)OC(CC(C)O)C1=CC[C@H]2[C@H](C[C@@H]1C)OC(=O)[C@@H]2C. The molecule has 1 heterocycles. The molecule has 0 aromatic rings. The molecule has 5 nitrogen and oxygen atoms in total. The van der Waals surface area contributed by atoms with Crippen molar-refractivity contribution in [1.82, 2.24) is 0 Å². The summed E-state index contributed by atoms with van der Waals surface area (Å²) >= 11 is 0. The van der Waals surface area contributed by atoms with Crippen LogP contribution in [-0.2, 0) is 19.1 Å². The van der Waals surface area contributed by atoms with E-state index >= 15 is 0 Å². The Morgan fingerprint density at radius 2 is 2.18 bits per heavy atom. The van der Waals surface area contributed by atoms with E-state index in [9.17, 15) is 14.7 Å². The lowest BCUT2D eigenvalue weighted by molar-refractivity contribution is -0.145. The minimum absolute atomic E-state index is 0.0595. The second-order valence-electron chi connectivity index (χ2n) is 6.69. The molecular formula is C17H26O5. The normalized spacial score (nSPS) is 34.0. The largest absolute Gasteiger partial charge is 0.462 e. The van der Waals surface area contributed by atoms with Crippen molar-refractivity contribution in [2.24, 2.45) is 17.8 Å². The third-order valence-electron chi connectivity index (χ3n) is 4.77. The molecule has 1 saturated heterocycles. The van der Waals surface area contributed by atoms with Crippen LogP contribution in [0.3, 0.4) is 0 Å². The van der Waals surface area contributed by atoms with E-state index in [2.05, 4.69) is 13.0 Å². The Morgan fingerprint density at radius 3 is 2.77 bits per heavy atom. The van der Waals surface area contributed by atoms with E-state index in [0.717, 1.165) is 18.4 Å². The van der Waals surface area contributed by atoms with E-state index in [-0.39, 0.29) is 35.8 Å². The van der Waals surface area contributed by atoms with Crippen molar-refractivity contribution in [2.75, 3.05) is 0 Å². The van der Waals surface area contributed by atoms with Crippen molar-refractivity contribution in [2.45, 2.75) is 65.3 Å². The van der Waals surface area contributed by atoms with Gasteiger partial charge in [-0.05, 0) is 31.3 Å². The zero-order valence-corrected chi connectivity index (χ0v) is 13.7. The van der Waals surface area contributed by atoms with Crippen molar-refractivity contribution < 1.29 is 24.2 Å². The van der Waals surface area contributed by atoms with Gasteiger partial charge >= 0.3 is 11.9 Å². The molecule has 1 aliphatic heterocycles. The van der Waals surface area contributed by atoms with Gasteiger partial charge in [-0.15, -0.1) is 0 Å². The quantitative estimate of drug-likeness (QED) is 0.637. The smallest absolute Gasteiger partial charge is 0.309 e. The van der Waals surface area contributed by atoms with Gasteiger partial charge in [-0.1, -0.05) is 19.9 Å². The fourth-order valence-corrected chi connectivity index (χ4v) is 3.59. The first-order valence-corrected chi connectivity index (χ1v) is 8.05. The number of hydrogen-bond donors (Lipinski definition) is 1. The van der Waals surface area contributed by atoms with Crippen LogP contribution in [0, 0.1) is 17.8 Å². The monoisotopic (exact) mass is 310 g/mol. The number of rotatable bonds is 4. The highest BCUT2D eigenvalue weighted by atomic mass is 16.6. The predicted molar refractivity (Wildman–Crippen MR) is 80.9 cm³/mol. The fourth-order valence-electron chi connectivity index (χ4n) is 3.59. The lowest BCUT2D eigenvalue weighted by Crippen LogP contribution is -2.27. The Bertz CT molecular complexity index is 468. The molecule has 5 heteroatoms. The molecular weight excluding hydrogens is 284 g/mol. The first-order valence-electron chi connectivity index (χ1n) is 8.05. The first kappa shape index (κ1) is 17.0. The van der Waals surface area contributed by atoms with Crippen LogP contribution in [-0.4, -0.2) is 35.4 Å². The number of aliphatic hydroxyl groups excluding tert-OH is 1. The van der Waals surface area contributed by atoms with Crippen molar-refractivity contribution in [1.29, 1.82) is 0 Å². The minimum atomic E-state index is -0.544. The molecule has 2 unspecified atom stereocenters. The van der Waals surface area contributed by atoms with Crippen molar-refractivity contribution in [3.8, 4) is 0 Å². The van der Waals surface area contributed by atoms with Crippen LogP contribution in [0.25, 0.3) is 0 Å². The van der Waals surface area contributed by atoms with Crippen LogP contribution in [0.2, 0.25) is 0 Å². The van der Waals surface area contributed by atoms with Gasteiger partial charge in [0.2, 0.25) is 0 Å². The van der Waals surface area contributed by atoms with Crippen LogP contribution < -0.4 is 0 Å². The zero-order valence-electron chi connectivity index (χ0n) is 13.7. The molecule has 1 fully saturated rings. The van der Waals surface area contributed by atoms with E-state index in [1.54, 1.807) is 6.92 Å². The Kier molecular flexibility index (Phi) is 5.27. The molecule has 0 aromatic heterocycles. The number of esters is 2. The lowest BCUT2D eigenvalue weighted by atomic mass is 9.87. The van der Waals surface area contributed by atoms with E-state index < -0.39 is 12.2 Å². The number of fused-ring (bicyclic) bond motifs is 1. The standard InChI is InChI=1S/C17H26O5/c1-9-7-15-14(11(3)17(20)22-15)6-5-13(9)16(8-10(2)18)21-12(4)19/h5,9-11,14-16,18H,6-8H2,1-4H3/t9-,10?,11+,14+,15-,16?/m0/s1. The number of aliphatic hydroxyl groups is 1. The van der Waals surface area contributed by atoms with Gasteiger partial charge in [-0.25, -0.2) is 0 Å². The molecule has 22 heavy (non-hydrogen) atoms. The fraction of sp³-hybridized carbons (Fsp3) is 0.765. The van der Waals surface area contributed by atoms with E-state index in [0.29, 0.717) is 6.42 Å². The summed E-state index contributed by atoms with van der Waals surface area (Å²) in [6.07, 6.45) is 2.95. The Hall–Kier alpha value is -1.36. The molecule has 1 N–H and O–H groups in total. The van der Waals surface area contributed by atoms with Crippen LogP contribution in [0.1, 0.15) is 47.0 Å². The lowest BCUT2D eigenvalue weighted by Gasteiger charge is -2.26. The van der Waals surface area contributed by atoms with Gasteiger partial charge in [0.1, 0.15) is 12.2 Å². The summed E-state index contributed by atoms with van der Waals surface area (Å²) in [5.74, 6) is -0.201. The van der Waals surface area contributed by atoms with E-state index in [1.807, 2.05) is 6.92 Å². The minimum Gasteiger partial charge on any atom is -0.462 e. The molecule has 124 valence electrons. The van der Waals surface area contributed by atoms with Crippen LogP contribution in [0.15, 0.2) is 11.6 Å². The maximum absolute atomic E-state index is 11.7. The number of carbonyl (C=O) groups excluding carboxylic acids is 2. The van der Waals surface area contributed by atoms with Gasteiger partial charge in [0, 0.05) is 19.3 Å².